The molecule has 1 amide bonds. The maximum atomic E-state index is 11.9. The van der Waals surface area contributed by atoms with E-state index in [4.69, 9.17) is 10.5 Å². The number of methoxy groups -OCH3 is 1. The molecule has 5 nitrogen and oxygen atoms in total. The largest absolute Gasteiger partial charge is 0.383 e. The number of nitrogens with one attached hydrogen (secondary N) is 1. The first kappa shape index (κ1) is 15.4. The molecule has 3 N–H and O–H groups in total. The minimum absolute atomic E-state index is 0.117. The van der Waals surface area contributed by atoms with E-state index in [1.807, 2.05) is 4.90 Å². The number of hydrogen-bond acceptors (Lipinski definition) is 4. The Morgan fingerprint density at radius 3 is 2.67 bits per heavy atom. The summed E-state index contributed by atoms with van der Waals surface area (Å²) < 4.78 is 5.04. The Hall–Kier alpha value is -0.650. The van der Waals surface area contributed by atoms with Crippen LogP contribution in [0.1, 0.15) is 32.1 Å². The monoisotopic (exact) mass is 257 g/mol. The van der Waals surface area contributed by atoms with Crippen molar-refractivity contribution in [2.45, 2.75) is 38.1 Å². The van der Waals surface area contributed by atoms with Crippen molar-refractivity contribution in [3.05, 3.63) is 0 Å². The van der Waals surface area contributed by atoms with Crippen LogP contribution in [-0.4, -0.2) is 56.7 Å². The molecular weight excluding hydrogens is 230 g/mol. The van der Waals surface area contributed by atoms with E-state index in [2.05, 4.69) is 5.32 Å². The predicted molar refractivity (Wildman–Crippen MR) is 72.4 cm³/mol. The van der Waals surface area contributed by atoms with Gasteiger partial charge in [-0.2, -0.15) is 0 Å². The van der Waals surface area contributed by atoms with Gasteiger partial charge in [-0.05, 0) is 12.8 Å². The van der Waals surface area contributed by atoms with Gasteiger partial charge in [0.15, 0.2) is 0 Å². The van der Waals surface area contributed by atoms with Gasteiger partial charge >= 0.3 is 0 Å². The molecule has 0 saturated heterocycles. The first-order valence-electron chi connectivity index (χ1n) is 6.97. The van der Waals surface area contributed by atoms with Gasteiger partial charge in [0.2, 0.25) is 5.91 Å². The number of nitrogens with zero attached hydrogens (tertiary/aromatic N) is 1. The molecule has 106 valence electrons. The maximum Gasteiger partial charge on any atom is 0.234 e. The lowest BCUT2D eigenvalue weighted by Gasteiger charge is -2.25. The number of carbonyl (C=O) groups is 1. The van der Waals surface area contributed by atoms with E-state index >= 15 is 0 Å². The summed E-state index contributed by atoms with van der Waals surface area (Å²) in [5.74, 6) is 0.117. The number of hydrogen-bond donors (Lipinski definition) is 2. The van der Waals surface area contributed by atoms with Gasteiger partial charge in [0.05, 0.1) is 13.2 Å². The zero-order chi connectivity index (χ0) is 13.2. The molecule has 0 radical (unpaired) electrons. The number of amides is 1. The van der Waals surface area contributed by atoms with Crippen LogP contribution >= 0.6 is 0 Å². The smallest absolute Gasteiger partial charge is 0.234 e. The predicted octanol–water partition coefficient (Wildman–Crippen LogP) is 0.342. The highest BCUT2D eigenvalue weighted by Gasteiger charge is 2.17. The highest BCUT2D eigenvalue weighted by molar-refractivity contribution is 5.78. The molecular formula is C13H27N3O2. The SMILES string of the molecule is COCCN(CCN)CC(=O)NC1CCCCC1. The second-order valence-corrected chi connectivity index (χ2v) is 4.96. The third-order valence-corrected chi connectivity index (χ3v) is 3.39. The number of carbonyl (C=O) groups excluding carboxylic acids is 1. The molecule has 18 heavy (non-hydrogen) atoms. The first-order chi connectivity index (χ1) is 8.76. The maximum absolute atomic E-state index is 11.9. The van der Waals surface area contributed by atoms with E-state index in [0.29, 0.717) is 25.7 Å². The Kier molecular flexibility index (Phi) is 7.96. The zero-order valence-corrected chi connectivity index (χ0v) is 11.5. The summed E-state index contributed by atoms with van der Waals surface area (Å²) in [6, 6.07) is 0.383. The lowest BCUT2D eigenvalue weighted by atomic mass is 9.95. The second-order valence-electron chi connectivity index (χ2n) is 4.96. The van der Waals surface area contributed by atoms with Gasteiger partial charge in [-0.15, -0.1) is 0 Å². The summed E-state index contributed by atoms with van der Waals surface area (Å²) in [6.45, 7) is 3.13. The number of ether oxygens (including phenoxy) is 1. The molecule has 1 saturated carbocycles. The summed E-state index contributed by atoms with van der Waals surface area (Å²) in [7, 11) is 1.67. The molecule has 1 aliphatic carbocycles. The van der Waals surface area contributed by atoms with Crippen LogP contribution in [0, 0.1) is 0 Å². The van der Waals surface area contributed by atoms with Crippen molar-refractivity contribution < 1.29 is 9.53 Å². The van der Waals surface area contributed by atoms with Gasteiger partial charge in [-0.25, -0.2) is 0 Å². The zero-order valence-electron chi connectivity index (χ0n) is 11.5. The van der Waals surface area contributed by atoms with Crippen molar-refractivity contribution in [1.82, 2.24) is 10.2 Å². The highest BCUT2D eigenvalue weighted by atomic mass is 16.5. The molecule has 0 atom stereocenters. The van der Waals surface area contributed by atoms with E-state index in [1.54, 1.807) is 7.11 Å². The standard InChI is InChI=1S/C13H27N3O2/c1-18-10-9-16(8-7-14)11-13(17)15-12-5-3-2-4-6-12/h12H,2-11,14H2,1H3,(H,15,17). The van der Waals surface area contributed by atoms with Crippen LogP contribution in [0.3, 0.4) is 0 Å². The van der Waals surface area contributed by atoms with Crippen LogP contribution in [0.2, 0.25) is 0 Å². The minimum atomic E-state index is 0.117. The normalized spacial score (nSPS) is 17.1. The van der Waals surface area contributed by atoms with Gasteiger partial charge in [0, 0.05) is 32.8 Å². The molecule has 0 heterocycles. The van der Waals surface area contributed by atoms with Crippen LogP contribution in [0.25, 0.3) is 0 Å². The molecule has 0 unspecified atom stereocenters. The molecule has 1 fully saturated rings. The molecule has 1 rings (SSSR count). The molecule has 5 heteroatoms. The summed E-state index contributed by atoms with van der Waals surface area (Å²) >= 11 is 0. The van der Waals surface area contributed by atoms with E-state index in [0.717, 1.165) is 25.9 Å². The van der Waals surface area contributed by atoms with Crippen LogP contribution in [-0.2, 0) is 9.53 Å². The van der Waals surface area contributed by atoms with E-state index in [-0.39, 0.29) is 5.91 Å². The Bertz CT molecular complexity index is 230. The molecule has 1 aliphatic rings. The second kappa shape index (κ2) is 9.30. The minimum Gasteiger partial charge on any atom is -0.383 e. The van der Waals surface area contributed by atoms with Crippen molar-refractivity contribution in [2.75, 3.05) is 39.9 Å². The highest BCUT2D eigenvalue weighted by Crippen LogP contribution is 2.17. The molecule has 0 bridgehead atoms. The first-order valence-corrected chi connectivity index (χ1v) is 6.97. The van der Waals surface area contributed by atoms with Crippen molar-refractivity contribution >= 4 is 5.91 Å². The molecule has 0 aromatic heterocycles. The number of rotatable bonds is 8. The van der Waals surface area contributed by atoms with Crippen LogP contribution in [0.5, 0.6) is 0 Å². The van der Waals surface area contributed by atoms with Gasteiger partial charge in [0.1, 0.15) is 0 Å². The lowest BCUT2D eigenvalue weighted by Crippen LogP contribution is -2.44. The van der Waals surface area contributed by atoms with Crippen molar-refractivity contribution in [2.24, 2.45) is 5.73 Å². The Labute approximate surface area is 110 Å². The molecule has 0 aromatic carbocycles. The van der Waals surface area contributed by atoms with Crippen molar-refractivity contribution in [3.8, 4) is 0 Å². The average molecular weight is 257 g/mol. The third-order valence-electron chi connectivity index (χ3n) is 3.39. The van der Waals surface area contributed by atoms with Gasteiger partial charge < -0.3 is 15.8 Å². The summed E-state index contributed by atoms with van der Waals surface area (Å²) in [5, 5.41) is 3.12. The van der Waals surface area contributed by atoms with Crippen LogP contribution < -0.4 is 11.1 Å². The Balaban J connectivity index is 2.25. The summed E-state index contributed by atoms with van der Waals surface area (Å²) in [5.41, 5.74) is 5.55. The van der Waals surface area contributed by atoms with Gasteiger partial charge in [0.25, 0.3) is 0 Å². The van der Waals surface area contributed by atoms with E-state index in [1.165, 1.54) is 19.3 Å². The van der Waals surface area contributed by atoms with Gasteiger partial charge in [-0.1, -0.05) is 19.3 Å². The van der Waals surface area contributed by atoms with E-state index < -0.39 is 0 Å². The third kappa shape index (κ3) is 6.33. The topological polar surface area (TPSA) is 67.6 Å². The van der Waals surface area contributed by atoms with Crippen LogP contribution in [0.4, 0.5) is 0 Å². The Morgan fingerprint density at radius 2 is 2.06 bits per heavy atom. The van der Waals surface area contributed by atoms with Crippen molar-refractivity contribution in [3.63, 3.8) is 0 Å². The lowest BCUT2D eigenvalue weighted by molar-refractivity contribution is -0.123. The number of nitrogens with two attached hydrogens (primary N) is 1. The fourth-order valence-electron chi connectivity index (χ4n) is 2.40. The molecule has 0 aromatic rings. The molecule has 0 aliphatic heterocycles. The van der Waals surface area contributed by atoms with E-state index in [9.17, 15) is 4.79 Å². The quantitative estimate of drug-likeness (QED) is 0.658. The van der Waals surface area contributed by atoms with Gasteiger partial charge in [-0.3, -0.25) is 9.69 Å². The molecule has 0 spiro atoms. The van der Waals surface area contributed by atoms with Crippen molar-refractivity contribution in [1.29, 1.82) is 0 Å². The Morgan fingerprint density at radius 1 is 1.33 bits per heavy atom. The van der Waals surface area contributed by atoms with Crippen LogP contribution in [0.15, 0.2) is 0 Å². The fourth-order valence-corrected chi connectivity index (χ4v) is 2.40. The summed E-state index contributed by atoms with van der Waals surface area (Å²) in [4.78, 5) is 14.0. The summed E-state index contributed by atoms with van der Waals surface area (Å²) in [6.07, 6.45) is 6.03. The average Bonchev–Trinajstić information content (AvgIpc) is 2.37. The fraction of sp³-hybridized carbons (Fsp3) is 0.923.